The van der Waals surface area contributed by atoms with Gasteiger partial charge in [0.2, 0.25) is 5.91 Å². The van der Waals surface area contributed by atoms with Crippen LogP contribution in [0.3, 0.4) is 0 Å². The van der Waals surface area contributed by atoms with E-state index in [1.54, 1.807) is 0 Å². The maximum Gasteiger partial charge on any atom is 0.227 e. The molecule has 0 radical (unpaired) electrons. The van der Waals surface area contributed by atoms with Crippen molar-refractivity contribution >= 4 is 29.2 Å². The van der Waals surface area contributed by atoms with Gasteiger partial charge in [-0.1, -0.05) is 48.0 Å². The van der Waals surface area contributed by atoms with Crippen molar-refractivity contribution in [2.75, 3.05) is 22.9 Å². The minimum Gasteiger partial charge on any atom is -0.383 e. The minimum atomic E-state index is 0.0429. The van der Waals surface area contributed by atoms with Crippen molar-refractivity contribution < 1.29 is 4.79 Å². The number of rotatable bonds is 5. The van der Waals surface area contributed by atoms with Crippen LogP contribution < -0.4 is 10.6 Å². The number of nitrogen functional groups attached to an aromatic ring is 1. The molecule has 1 aliphatic heterocycles. The van der Waals surface area contributed by atoms with Crippen molar-refractivity contribution in [1.82, 2.24) is 4.98 Å². The van der Waals surface area contributed by atoms with E-state index in [-0.39, 0.29) is 17.3 Å². The zero-order valence-corrected chi connectivity index (χ0v) is 18.4. The number of benzene rings is 2. The molecule has 1 aromatic heterocycles. The van der Waals surface area contributed by atoms with Gasteiger partial charge in [-0.3, -0.25) is 4.79 Å². The molecular formula is C25H21N5OS. The van der Waals surface area contributed by atoms with Crippen molar-refractivity contribution in [1.29, 1.82) is 10.5 Å². The number of amides is 1. The second-order valence-electron chi connectivity index (χ2n) is 7.54. The van der Waals surface area contributed by atoms with E-state index in [9.17, 15) is 15.3 Å². The number of hydrogen-bond acceptors (Lipinski definition) is 6. The smallest absolute Gasteiger partial charge is 0.227 e. The van der Waals surface area contributed by atoms with Gasteiger partial charge in [0.1, 0.15) is 28.5 Å². The lowest BCUT2D eigenvalue weighted by Gasteiger charge is -2.17. The number of fused-ring (bicyclic) bond motifs is 1. The Morgan fingerprint density at radius 1 is 1.12 bits per heavy atom. The van der Waals surface area contributed by atoms with E-state index in [1.807, 2.05) is 60.4 Å². The van der Waals surface area contributed by atoms with Gasteiger partial charge in [-0.25, -0.2) is 4.98 Å². The third-order valence-corrected chi connectivity index (χ3v) is 6.48. The summed E-state index contributed by atoms with van der Waals surface area (Å²) in [6, 6.07) is 19.8. The van der Waals surface area contributed by atoms with Crippen LogP contribution in [0.4, 0.5) is 11.5 Å². The van der Waals surface area contributed by atoms with Crippen LogP contribution >= 0.6 is 11.8 Å². The highest BCUT2D eigenvalue weighted by molar-refractivity contribution is 7.99. The number of carbonyl (C=O) groups excluding carboxylic acids is 1. The van der Waals surface area contributed by atoms with E-state index < -0.39 is 0 Å². The zero-order valence-electron chi connectivity index (χ0n) is 17.6. The molecule has 0 spiro atoms. The lowest BCUT2D eigenvalue weighted by Crippen LogP contribution is -2.29. The van der Waals surface area contributed by atoms with Gasteiger partial charge >= 0.3 is 0 Å². The van der Waals surface area contributed by atoms with Gasteiger partial charge in [-0.15, -0.1) is 11.8 Å². The monoisotopic (exact) mass is 439 g/mol. The van der Waals surface area contributed by atoms with E-state index in [2.05, 4.69) is 17.1 Å². The molecule has 3 aromatic rings. The van der Waals surface area contributed by atoms with Gasteiger partial charge in [0.05, 0.1) is 5.56 Å². The van der Waals surface area contributed by atoms with E-state index in [1.165, 1.54) is 17.3 Å². The van der Waals surface area contributed by atoms with E-state index in [0.29, 0.717) is 34.9 Å². The summed E-state index contributed by atoms with van der Waals surface area (Å²) in [5.74, 6) is 0.586. The lowest BCUT2D eigenvalue weighted by molar-refractivity contribution is -0.118. The van der Waals surface area contributed by atoms with Crippen molar-refractivity contribution in [2.24, 2.45) is 0 Å². The lowest BCUT2D eigenvalue weighted by atomic mass is 9.96. The summed E-state index contributed by atoms with van der Waals surface area (Å²) in [5.41, 5.74) is 11.0. The van der Waals surface area contributed by atoms with Crippen LogP contribution in [0, 0.1) is 29.6 Å². The fraction of sp³-hybridized carbons (Fsp3) is 0.200. The van der Waals surface area contributed by atoms with E-state index >= 15 is 0 Å². The number of anilines is 2. The molecule has 0 fully saturated rings. The van der Waals surface area contributed by atoms with Crippen molar-refractivity contribution in [2.45, 2.75) is 24.8 Å². The van der Waals surface area contributed by atoms with Gasteiger partial charge in [-0.2, -0.15) is 10.5 Å². The SMILES string of the molecule is Cc1ccc(-c2c(C#N)c(N)nc(SCCC(=O)N3CCc4ccccc43)c2C#N)cc1. The Kier molecular flexibility index (Phi) is 6.11. The van der Waals surface area contributed by atoms with Gasteiger partial charge in [0.15, 0.2) is 0 Å². The number of nitrogens with zero attached hydrogens (tertiary/aromatic N) is 4. The van der Waals surface area contributed by atoms with Crippen molar-refractivity contribution in [3.8, 4) is 23.3 Å². The molecule has 0 bridgehead atoms. The van der Waals surface area contributed by atoms with E-state index in [4.69, 9.17) is 5.73 Å². The average Bonchev–Trinajstić information content (AvgIpc) is 3.23. The second kappa shape index (κ2) is 9.13. The summed E-state index contributed by atoms with van der Waals surface area (Å²) in [5, 5.41) is 20.0. The Labute approximate surface area is 191 Å². The predicted octanol–water partition coefficient (Wildman–Crippen LogP) is 4.45. The van der Waals surface area contributed by atoms with Crippen molar-refractivity contribution in [3.05, 3.63) is 70.8 Å². The number of nitrogens with two attached hydrogens (primary N) is 1. The fourth-order valence-corrected chi connectivity index (χ4v) is 4.80. The second-order valence-corrected chi connectivity index (χ2v) is 8.62. The number of thioether (sulfide) groups is 1. The Morgan fingerprint density at radius 3 is 2.56 bits per heavy atom. The number of para-hydroxylation sites is 1. The summed E-state index contributed by atoms with van der Waals surface area (Å²) >= 11 is 1.31. The maximum absolute atomic E-state index is 12.8. The highest BCUT2D eigenvalue weighted by Gasteiger charge is 2.25. The summed E-state index contributed by atoms with van der Waals surface area (Å²) < 4.78 is 0. The van der Waals surface area contributed by atoms with Crippen LogP contribution in [-0.2, 0) is 11.2 Å². The molecule has 6 nitrogen and oxygen atoms in total. The Bertz CT molecular complexity index is 1270. The molecule has 0 aliphatic carbocycles. The molecule has 158 valence electrons. The molecule has 0 saturated heterocycles. The molecule has 7 heteroatoms. The maximum atomic E-state index is 12.8. The minimum absolute atomic E-state index is 0.0429. The number of pyridine rings is 1. The number of carbonyl (C=O) groups is 1. The van der Waals surface area contributed by atoms with Gasteiger partial charge in [0, 0.05) is 30.0 Å². The first-order valence-corrected chi connectivity index (χ1v) is 11.2. The molecule has 2 heterocycles. The van der Waals surface area contributed by atoms with Crippen LogP contribution in [0.1, 0.15) is 28.7 Å². The van der Waals surface area contributed by atoms with Crippen molar-refractivity contribution in [3.63, 3.8) is 0 Å². The summed E-state index contributed by atoms with van der Waals surface area (Å²) in [4.78, 5) is 18.9. The van der Waals surface area contributed by atoms with E-state index in [0.717, 1.165) is 23.2 Å². The highest BCUT2D eigenvalue weighted by atomic mass is 32.2. The zero-order chi connectivity index (χ0) is 22.7. The Balaban J connectivity index is 1.57. The topological polar surface area (TPSA) is 107 Å². The largest absolute Gasteiger partial charge is 0.383 e. The first-order chi connectivity index (χ1) is 15.5. The Morgan fingerprint density at radius 2 is 1.84 bits per heavy atom. The molecule has 0 unspecified atom stereocenters. The molecule has 32 heavy (non-hydrogen) atoms. The molecule has 0 atom stereocenters. The van der Waals surface area contributed by atoms with Gasteiger partial charge in [-0.05, 0) is 30.5 Å². The predicted molar refractivity (Wildman–Crippen MR) is 126 cm³/mol. The molecule has 2 aromatic carbocycles. The van der Waals surface area contributed by atoms with Gasteiger partial charge < -0.3 is 10.6 Å². The molecule has 4 rings (SSSR count). The number of nitriles is 2. The third kappa shape index (κ3) is 4.03. The first kappa shape index (κ1) is 21.4. The molecular weight excluding hydrogens is 418 g/mol. The molecule has 1 amide bonds. The number of aromatic nitrogens is 1. The summed E-state index contributed by atoms with van der Waals surface area (Å²) in [7, 11) is 0. The van der Waals surface area contributed by atoms with Gasteiger partial charge in [0.25, 0.3) is 0 Å². The molecule has 1 aliphatic rings. The summed E-state index contributed by atoms with van der Waals surface area (Å²) in [6.45, 7) is 2.66. The standard InChI is InChI=1S/C25H21N5OS/c1-16-6-8-18(9-7-16)23-19(14-26)24(28)29-25(20(23)15-27)32-13-11-22(31)30-12-10-17-4-2-3-5-21(17)30/h2-9H,10-13H2,1H3,(H2,28,29). The van der Waals surface area contributed by atoms with Crippen LogP contribution in [0.15, 0.2) is 53.6 Å². The van der Waals surface area contributed by atoms with Crippen LogP contribution in [0.2, 0.25) is 0 Å². The first-order valence-electron chi connectivity index (χ1n) is 10.2. The number of hydrogen-bond donors (Lipinski definition) is 1. The average molecular weight is 440 g/mol. The Hall–Kier alpha value is -3.81. The van der Waals surface area contributed by atoms with Crippen LogP contribution in [0.25, 0.3) is 11.1 Å². The normalized spacial score (nSPS) is 12.2. The highest BCUT2D eigenvalue weighted by Crippen LogP contribution is 2.36. The third-order valence-electron chi connectivity index (χ3n) is 5.50. The van der Waals surface area contributed by atoms with Crippen LogP contribution in [-0.4, -0.2) is 23.2 Å². The molecule has 2 N–H and O–H groups in total. The quantitative estimate of drug-likeness (QED) is 0.589. The van der Waals surface area contributed by atoms with Crippen LogP contribution in [0.5, 0.6) is 0 Å². The number of aryl methyl sites for hydroxylation is 1. The molecule has 0 saturated carbocycles. The fourth-order valence-electron chi connectivity index (χ4n) is 3.88. The summed E-state index contributed by atoms with van der Waals surface area (Å²) in [6.07, 6.45) is 1.17.